The number of hydrogen-bond donors (Lipinski definition) is 0. The van der Waals surface area contributed by atoms with Gasteiger partial charge in [-0.05, 0) is 0 Å². The van der Waals surface area contributed by atoms with Crippen LogP contribution in [0.15, 0.2) is 22.5 Å². The van der Waals surface area contributed by atoms with Gasteiger partial charge in [-0.15, -0.1) is 0 Å². The molecule has 0 aliphatic rings. The summed E-state index contributed by atoms with van der Waals surface area (Å²) < 4.78 is 3.80. The molecule has 0 bridgehead atoms. The Bertz CT molecular complexity index is 32.9. The van der Waals surface area contributed by atoms with Crippen molar-refractivity contribution >= 4 is 0 Å². The molecule has 0 aromatic rings. The van der Waals surface area contributed by atoms with E-state index in [0.29, 0.717) is 17.1 Å². The Morgan fingerprint density at radius 1 is 1.20 bits per heavy atom. The van der Waals surface area contributed by atoms with Crippen molar-refractivity contribution in [1.82, 2.24) is 0 Å². The summed E-state index contributed by atoms with van der Waals surface area (Å²) in [6.07, 6.45) is 0. The van der Waals surface area contributed by atoms with Crippen molar-refractivity contribution in [2.45, 2.75) is 0 Å². The molecule has 0 rings (SSSR count). The average molecular weight is 155 g/mol. The molecule has 0 N–H and O–H groups in total. The van der Waals surface area contributed by atoms with Gasteiger partial charge in [-0.2, -0.15) is 0 Å². The molecular formula is C4H6Ru. The van der Waals surface area contributed by atoms with E-state index < -0.39 is 0 Å². The van der Waals surface area contributed by atoms with Crippen LogP contribution in [0.4, 0.5) is 0 Å². The molecule has 0 fully saturated rings. The van der Waals surface area contributed by atoms with Crippen LogP contribution in [-0.2, 0) is 17.1 Å². The molecule has 0 saturated heterocycles. The van der Waals surface area contributed by atoms with Gasteiger partial charge in [-0.3, -0.25) is 0 Å². The summed E-state index contributed by atoms with van der Waals surface area (Å²) in [5.74, 6) is 0. The van der Waals surface area contributed by atoms with Crippen molar-refractivity contribution in [3.05, 3.63) is 22.5 Å². The van der Waals surface area contributed by atoms with Gasteiger partial charge < -0.3 is 0 Å². The van der Waals surface area contributed by atoms with Crippen LogP contribution in [0.1, 0.15) is 0 Å². The summed E-state index contributed by atoms with van der Waals surface area (Å²) in [7, 11) is 0. The molecule has 0 saturated carbocycles. The fourth-order valence-corrected chi connectivity index (χ4v) is 0.349. The van der Waals surface area contributed by atoms with Crippen LogP contribution < -0.4 is 0 Å². The van der Waals surface area contributed by atoms with E-state index in [4.69, 9.17) is 0 Å². The van der Waals surface area contributed by atoms with E-state index in [9.17, 15) is 0 Å². The normalized spacial score (nSPS) is 7.20. The van der Waals surface area contributed by atoms with Crippen LogP contribution in [0.3, 0.4) is 0 Å². The van der Waals surface area contributed by atoms with Crippen molar-refractivity contribution in [1.29, 1.82) is 0 Å². The molecular weight excluding hydrogens is 149 g/mol. The van der Waals surface area contributed by atoms with Crippen molar-refractivity contribution < 1.29 is 17.1 Å². The molecule has 30 valence electrons. The topological polar surface area (TPSA) is 0 Å². The maximum absolute atomic E-state index is 3.52. The van der Waals surface area contributed by atoms with Crippen LogP contribution in [0.25, 0.3) is 0 Å². The zero-order chi connectivity index (χ0) is 4.12. The zero-order valence-corrected chi connectivity index (χ0v) is 4.66. The molecule has 0 atom stereocenters. The van der Waals surface area contributed by atoms with Crippen molar-refractivity contribution in [2.75, 3.05) is 0 Å². The Balaban J connectivity index is 2.65. The van der Waals surface area contributed by atoms with Gasteiger partial charge in [0.05, 0.1) is 0 Å². The standard InChI is InChI=1S/2C2H3.Ru/c2*1-2;/h2*1H,2H2;. The van der Waals surface area contributed by atoms with Crippen LogP contribution in [0, 0.1) is 0 Å². The first kappa shape index (κ1) is 5.10. The molecule has 5 heavy (non-hydrogen) atoms. The predicted molar refractivity (Wildman–Crippen MR) is 20.4 cm³/mol. The molecule has 0 aliphatic carbocycles. The summed E-state index contributed by atoms with van der Waals surface area (Å²) in [4.78, 5) is 0. The van der Waals surface area contributed by atoms with Gasteiger partial charge in [0.25, 0.3) is 0 Å². The van der Waals surface area contributed by atoms with Crippen molar-refractivity contribution in [3.8, 4) is 0 Å². The van der Waals surface area contributed by atoms with Gasteiger partial charge in [0.15, 0.2) is 0 Å². The van der Waals surface area contributed by atoms with Gasteiger partial charge in [-0.1, -0.05) is 0 Å². The van der Waals surface area contributed by atoms with E-state index in [1.54, 1.807) is 0 Å². The van der Waals surface area contributed by atoms with Gasteiger partial charge in [0.1, 0.15) is 0 Å². The van der Waals surface area contributed by atoms with E-state index in [1.165, 1.54) is 0 Å². The average Bonchev–Trinajstić information content (AvgIpc) is 1.41. The van der Waals surface area contributed by atoms with Gasteiger partial charge in [-0.25, -0.2) is 0 Å². The van der Waals surface area contributed by atoms with Crippen molar-refractivity contribution in [2.24, 2.45) is 0 Å². The van der Waals surface area contributed by atoms with Crippen LogP contribution in [0.5, 0.6) is 0 Å². The first-order chi connectivity index (χ1) is 2.41. The summed E-state index contributed by atoms with van der Waals surface area (Å²) >= 11 is 0.297. The fraction of sp³-hybridized carbons (Fsp3) is 0. The first-order valence-electron chi connectivity index (χ1n) is 1.22. The number of hydrogen-bond acceptors (Lipinski definition) is 0. The maximum atomic E-state index is 3.52. The minimum absolute atomic E-state index is 0.297. The van der Waals surface area contributed by atoms with E-state index in [2.05, 4.69) is 13.2 Å². The molecule has 0 spiro atoms. The van der Waals surface area contributed by atoms with Crippen LogP contribution >= 0.6 is 0 Å². The Morgan fingerprint density at radius 2 is 1.60 bits per heavy atom. The summed E-state index contributed by atoms with van der Waals surface area (Å²) in [5, 5.41) is 0. The second kappa shape index (κ2) is 4.10. The summed E-state index contributed by atoms with van der Waals surface area (Å²) in [5.41, 5.74) is 0. The van der Waals surface area contributed by atoms with Gasteiger partial charge in [0.2, 0.25) is 0 Å². The minimum atomic E-state index is 0.297. The third kappa shape index (κ3) is 4.10. The molecule has 0 amide bonds. The molecule has 0 aromatic carbocycles. The molecule has 0 aliphatic heterocycles. The second-order valence-electron chi connectivity index (χ2n) is 0.407. The first-order valence-corrected chi connectivity index (χ1v) is 3.23. The Kier molecular flexibility index (Phi) is 4.19. The monoisotopic (exact) mass is 156 g/mol. The Hall–Kier alpha value is 0.103. The quantitative estimate of drug-likeness (QED) is 0.528. The van der Waals surface area contributed by atoms with Gasteiger partial charge >= 0.3 is 39.6 Å². The van der Waals surface area contributed by atoms with E-state index in [1.807, 2.05) is 9.34 Å². The van der Waals surface area contributed by atoms with Crippen LogP contribution in [-0.4, -0.2) is 0 Å². The molecule has 0 heterocycles. The molecule has 0 unspecified atom stereocenters. The number of rotatable bonds is 2. The van der Waals surface area contributed by atoms with E-state index >= 15 is 0 Å². The molecule has 0 radical (unpaired) electrons. The third-order valence-electron chi connectivity index (χ3n) is 0.167. The molecule has 1 heteroatoms. The van der Waals surface area contributed by atoms with Crippen molar-refractivity contribution in [3.63, 3.8) is 0 Å². The Morgan fingerprint density at radius 3 is 1.60 bits per heavy atom. The predicted octanol–water partition coefficient (Wildman–Crippen LogP) is 1.36. The van der Waals surface area contributed by atoms with Gasteiger partial charge in [0, 0.05) is 0 Å². The fourth-order valence-electron chi connectivity index (χ4n) is 0.0589. The Labute approximate surface area is 40.2 Å². The third-order valence-corrected chi connectivity index (χ3v) is 0.986. The van der Waals surface area contributed by atoms with E-state index in [0.717, 1.165) is 0 Å². The SMILES string of the molecule is C=[CH][Ru][CH]=C. The zero-order valence-electron chi connectivity index (χ0n) is 2.92. The van der Waals surface area contributed by atoms with Crippen LogP contribution in [0.2, 0.25) is 0 Å². The summed E-state index contributed by atoms with van der Waals surface area (Å²) in [6.45, 7) is 7.04. The molecule has 0 aromatic heterocycles. The summed E-state index contributed by atoms with van der Waals surface area (Å²) in [6, 6.07) is 0. The second-order valence-corrected chi connectivity index (χ2v) is 2.41. The molecule has 0 nitrogen and oxygen atoms in total. The van der Waals surface area contributed by atoms with E-state index in [-0.39, 0.29) is 0 Å².